The summed E-state index contributed by atoms with van der Waals surface area (Å²) in [5.41, 5.74) is 0. The molecule has 0 aliphatic heterocycles. The highest BCUT2D eigenvalue weighted by atomic mass is 16.1. The van der Waals surface area contributed by atoms with Crippen molar-refractivity contribution in [2.45, 2.75) is 26.2 Å². The van der Waals surface area contributed by atoms with Gasteiger partial charge in [0.25, 0.3) is 0 Å². The van der Waals surface area contributed by atoms with E-state index in [4.69, 9.17) is 0 Å². The highest BCUT2D eigenvalue weighted by molar-refractivity contribution is 5.80. The molecular formula is C9H14N2O. The first-order chi connectivity index (χ1) is 5.74. The molecule has 0 bridgehead atoms. The number of rotatable bonds is 4. The summed E-state index contributed by atoms with van der Waals surface area (Å²) in [6, 6.07) is 0. The Balaban J connectivity index is 2.52. The number of Topliss-reactive ketones (excluding diaryl/α,β-unsaturated/α-hetero) is 1. The fraction of sp³-hybridized carbons (Fsp3) is 0.556. The lowest BCUT2D eigenvalue weighted by molar-refractivity contribution is -0.118. The maximum Gasteiger partial charge on any atom is 0.140 e. The molecule has 1 aromatic rings. The molecule has 3 heteroatoms. The fourth-order valence-corrected chi connectivity index (χ4v) is 1.11. The number of carbonyl (C=O) groups is 1. The van der Waals surface area contributed by atoms with Crippen molar-refractivity contribution in [3.8, 4) is 0 Å². The Kier molecular flexibility index (Phi) is 3.02. The van der Waals surface area contributed by atoms with Crippen molar-refractivity contribution in [3.05, 3.63) is 18.2 Å². The predicted molar refractivity (Wildman–Crippen MR) is 46.8 cm³/mol. The number of hydrogen-bond acceptors (Lipinski definition) is 2. The molecule has 0 N–H and O–H groups in total. The van der Waals surface area contributed by atoms with Crippen LogP contribution in [-0.4, -0.2) is 15.3 Å². The number of carbonyl (C=O) groups excluding carboxylic acids is 1. The van der Waals surface area contributed by atoms with Crippen LogP contribution in [0.5, 0.6) is 0 Å². The molecule has 0 radical (unpaired) electrons. The number of nitrogens with zero attached hydrogens (tertiary/aromatic N) is 2. The second kappa shape index (κ2) is 4.04. The van der Waals surface area contributed by atoms with E-state index in [-0.39, 0.29) is 5.78 Å². The Bertz CT molecular complexity index is 265. The normalized spacial score (nSPS) is 10.2. The molecule has 3 nitrogen and oxygen atoms in total. The highest BCUT2D eigenvalue weighted by Crippen LogP contribution is 1.99. The Labute approximate surface area is 72.4 Å². The van der Waals surface area contributed by atoms with Gasteiger partial charge in [-0.05, 0) is 6.42 Å². The second-order valence-electron chi connectivity index (χ2n) is 2.92. The van der Waals surface area contributed by atoms with E-state index in [0.29, 0.717) is 12.8 Å². The van der Waals surface area contributed by atoms with Gasteiger partial charge in [-0.1, -0.05) is 6.92 Å². The van der Waals surface area contributed by atoms with Crippen molar-refractivity contribution >= 4 is 5.78 Å². The van der Waals surface area contributed by atoms with Gasteiger partial charge < -0.3 is 4.57 Å². The van der Waals surface area contributed by atoms with Crippen LogP contribution in [0.4, 0.5) is 0 Å². The molecule has 1 aromatic heterocycles. The van der Waals surface area contributed by atoms with Crippen molar-refractivity contribution in [3.63, 3.8) is 0 Å². The zero-order chi connectivity index (χ0) is 8.97. The van der Waals surface area contributed by atoms with Gasteiger partial charge >= 0.3 is 0 Å². The average molecular weight is 166 g/mol. The summed E-state index contributed by atoms with van der Waals surface area (Å²) >= 11 is 0. The summed E-state index contributed by atoms with van der Waals surface area (Å²) in [6.07, 6.45) is 5.62. The van der Waals surface area contributed by atoms with E-state index in [2.05, 4.69) is 4.98 Å². The summed E-state index contributed by atoms with van der Waals surface area (Å²) < 4.78 is 1.88. The van der Waals surface area contributed by atoms with E-state index in [9.17, 15) is 4.79 Å². The minimum atomic E-state index is 0.270. The molecule has 12 heavy (non-hydrogen) atoms. The molecule has 1 heterocycles. The maximum atomic E-state index is 11.2. The van der Waals surface area contributed by atoms with E-state index in [1.54, 1.807) is 6.20 Å². The lowest BCUT2D eigenvalue weighted by Crippen LogP contribution is -2.06. The highest BCUT2D eigenvalue weighted by Gasteiger charge is 2.05. The lowest BCUT2D eigenvalue weighted by atomic mass is 10.2. The zero-order valence-corrected chi connectivity index (χ0v) is 7.58. The lowest BCUT2D eigenvalue weighted by Gasteiger charge is -1.99. The summed E-state index contributed by atoms with van der Waals surface area (Å²) in [4.78, 5) is 15.3. The number of aryl methyl sites for hydroxylation is 1. The van der Waals surface area contributed by atoms with E-state index in [0.717, 1.165) is 12.2 Å². The largest absolute Gasteiger partial charge is 0.338 e. The van der Waals surface area contributed by atoms with Gasteiger partial charge in [-0.25, -0.2) is 4.98 Å². The molecule has 0 fully saturated rings. The molecule has 0 aliphatic rings. The van der Waals surface area contributed by atoms with Crippen LogP contribution in [0.25, 0.3) is 0 Å². The van der Waals surface area contributed by atoms with E-state index in [1.807, 2.05) is 24.7 Å². The number of imidazole rings is 1. The third-order valence-electron chi connectivity index (χ3n) is 1.81. The molecule has 0 aromatic carbocycles. The van der Waals surface area contributed by atoms with Crippen LogP contribution in [0.3, 0.4) is 0 Å². The van der Waals surface area contributed by atoms with Gasteiger partial charge in [0.05, 0.1) is 6.42 Å². The average Bonchev–Trinajstić information content (AvgIpc) is 2.37. The smallest absolute Gasteiger partial charge is 0.140 e. The number of ketones is 1. The van der Waals surface area contributed by atoms with E-state index < -0.39 is 0 Å². The molecule has 0 saturated heterocycles. The third-order valence-corrected chi connectivity index (χ3v) is 1.81. The van der Waals surface area contributed by atoms with Crippen LogP contribution in [0.2, 0.25) is 0 Å². The number of hydrogen-bond donors (Lipinski definition) is 0. The van der Waals surface area contributed by atoms with Crippen LogP contribution >= 0.6 is 0 Å². The number of aromatic nitrogens is 2. The molecule has 0 unspecified atom stereocenters. The van der Waals surface area contributed by atoms with Gasteiger partial charge in [-0.3, -0.25) is 4.79 Å². The van der Waals surface area contributed by atoms with Crippen molar-refractivity contribution in [1.82, 2.24) is 9.55 Å². The Morgan fingerprint density at radius 3 is 2.92 bits per heavy atom. The Morgan fingerprint density at radius 2 is 2.42 bits per heavy atom. The van der Waals surface area contributed by atoms with Gasteiger partial charge in [0, 0.05) is 25.9 Å². The maximum absolute atomic E-state index is 11.2. The third kappa shape index (κ3) is 2.19. The summed E-state index contributed by atoms with van der Waals surface area (Å²) in [5, 5.41) is 0. The van der Waals surface area contributed by atoms with Crippen molar-refractivity contribution in [2.75, 3.05) is 0 Å². The van der Waals surface area contributed by atoms with Crippen LogP contribution in [0, 0.1) is 0 Å². The fourth-order valence-electron chi connectivity index (χ4n) is 1.11. The summed E-state index contributed by atoms with van der Waals surface area (Å²) in [5.74, 6) is 1.13. The molecule has 0 atom stereocenters. The molecule has 0 spiro atoms. The van der Waals surface area contributed by atoms with Gasteiger partial charge in [-0.15, -0.1) is 0 Å². The molecule has 0 amide bonds. The zero-order valence-electron chi connectivity index (χ0n) is 7.58. The van der Waals surface area contributed by atoms with Crippen molar-refractivity contribution in [2.24, 2.45) is 7.05 Å². The second-order valence-corrected chi connectivity index (χ2v) is 2.92. The van der Waals surface area contributed by atoms with Crippen LogP contribution in [-0.2, 0) is 18.3 Å². The first-order valence-corrected chi connectivity index (χ1v) is 4.22. The minimum absolute atomic E-state index is 0.270. The van der Waals surface area contributed by atoms with Crippen LogP contribution in [0.1, 0.15) is 25.6 Å². The summed E-state index contributed by atoms with van der Waals surface area (Å²) in [7, 11) is 1.90. The predicted octanol–water partition coefficient (Wildman–Crippen LogP) is 1.33. The first kappa shape index (κ1) is 8.97. The van der Waals surface area contributed by atoms with E-state index in [1.165, 1.54) is 0 Å². The molecule has 0 aliphatic carbocycles. The molecule has 1 rings (SSSR count). The Morgan fingerprint density at radius 1 is 1.67 bits per heavy atom. The van der Waals surface area contributed by atoms with Gasteiger partial charge in [0.1, 0.15) is 11.6 Å². The van der Waals surface area contributed by atoms with Gasteiger partial charge in [-0.2, -0.15) is 0 Å². The summed E-state index contributed by atoms with van der Waals surface area (Å²) in [6.45, 7) is 2.01. The Hall–Kier alpha value is -1.12. The topological polar surface area (TPSA) is 34.9 Å². The van der Waals surface area contributed by atoms with Crippen molar-refractivity contribution < 1.29 is 4.79 Å². The monoisotopic (exact) mass is 166 g/mol. The SMILES string of the molecule is CCCC(=O)Cc1nccn1C. The molecule has 66 valence electrons. The quantitative estimate of drug-likeness (QED) is 0.676. The van der Waals surface area contributed by atoms with Gasteiger partial charge in [0.2, 0.25) is 0 Å². The molecular weight excluding hydrogens is 152 g/mol. The van der Waals surface area contributed by atoms with Crippen molar-refractivity contribution in [1.29, 1.82) is 0 Å². The minimum Gasteiger partial charge on any atom is -0.338 e. The van der Waals surface area contributed by atoms with E-state index >= 15 is 0 Å². The molecule has 0 saturated carbocycles. The standard InChI is InChI=1S/C9H14N2O/c1-3-4-8(12)7-9-10-5-6-11(9)2/h5-6H,3-4,7H2,1-2H3. The van der Waals surface area contributed by atoms with Crippen LogP contribution in [0.15, 0.2) is 12.4 Å². The van der Waals surface area contributed by atoms with Crippen LogP contribution < -0.4 is 0 Å². The first-order valence-electron chi connectivity index (χ1n) is 4.22. The van der Waals surface area contributed by atoms with Gasteiger partial charge in [0.15, 0.2) is 0 Å².